The van der Waals surface area contributed by atoms with Gasteiger partial charge in [0, 0.05) is 12.8 Å². The zero-order valence-electron chi connectivity index (χ0n) is 11.5. The quantitative estimate of drug-likeness (QED) is 0.654. The van der Waals surface area contributed by atoms with E-state index < -0.39 is 0 Å². The van der Waals surface area contributed by atoms with E-state index in [4.69, 9.17) is 5.73 Å². The van der Waals surface area contributed by atoms with E-state index in [1.54, 1.807) is 0 Å². The lowest BCUT2D eigenvalue weighted by Crippen LogP contribution is -2.19. The van der Waals surface area contributed by atoms with Crippen LogP contribution in [0.4, 0.5) is 0 Å². The van der Waals surface area contributed by atoms with Gasteiger partial charge in [0.25, 0.3) is 0 Å². The molecular weight excluding hydrogens is 198 g/mol. The second-order valence-electron chi connectivity index (χ2n) is 5.63. The number of carbonyl (C=O) groups excluding carboxylic acids is 1. The van der Waals surface area contributed by atoms with Crippen molar-refractivity contribution in [2.45, 2.75) is 66.2 Å². The van der Waals surface area contributed by atoms with Crippen molar-refractivity contribution in [3.05, 3.63) is 0 Å². The Morgan fingerprint density at radius 1 is 1.19 bits per heavy atom. The molecule has 0 bridgehead atoms. The summed E-state index contributed by atoms with van der Waals surface area (Å²) in [5.41, 5.74) is 5.78. The molecule has 0 aliphatic carbocycles. The molecule has 0 aromatic carbocycles. The summed E-state index contributed by atoms with van der Waals surface area (Å²) in [6.07, 6.45) is 5.71. The highest BCUT2D eigenvalue weighted by Gasteiger charge is 2.19. The molecule has 0 amide bonds. The van der Waals surface area contributed by atoms with Crippen molar-refractivity contribution in [1.29, 1.82) is 0 Å². The number of ketones is 1. The van der Waals surface area contributed by atoms with Gasteiger partial charge in [-0.2, -0.15) is 0 Å². The van der Waals surface area contributed by atoms with E-state index in [9.17, 15) is 4.79 Å². The predicted octanol–water partition coefficient (Wildman–Crippen LogP) is 3.54. The van der Waals surface area contributed by atoms with Gasteiger partial charge in [0.15, 0.2) is 0 Å². The molecule has 0 aromatic heterocycles. The van der Waals surface area contributed by atoms with Gasteiger partial charge >= 0.3 is 0 Å². The SMILES string of the molecule is CCC(CC)CC(=O)CCC(C)(C)CCN. The van der Waals surface area contributed by atoms with Gasteiger partial charge in [0.2, 0.25) is 0 Å². The molecule has 0 radical (unpaired) electrons. The fraction of sp³-hybridized carbons (Fsp3) is 0.929. The first-order valence-electron chi connectivity index (χ1n) is 6.67. The molecule has 0 fully saturated rings. The summed E-state index contributed by atoms with van der Waals surface area (Å²) in [4.78, 5) is 11.8. The third-order valence-electron chi connectivity index (χ3n) is 3.57. The molecular formula is C14H29NO. The first-order chi connectivity index (χ1) is 7.45. The maximum absolute atomic E-state index is 11.8. The van der Waals surface area contributed by atoms with Crippen molar-refractivity contribution in [3.63, 3.8) is 0 Å². The highest BCUT2D eigenvalue weighted by atomic mass is 16.1. The lowest BCUT2D eigenvalue weighted by Gasteiger charge is -2.23. The Morgan fingerprint density at radius 2 is 1.75 bits per heavy atom. The van der Waals surface area contributed by atoms with Gasteiger partial charge in [-0.1, -0.05) is 40.5 Å². The van der Waals surface area contributed by atoms with Crippen molar-refractivity contribution in [3.8, 4) is 0 Å². The third-order valence-corrected chi connectivity index (χ3v) is 3.57. The minimum absolute atomic E-state index is 0.221. The van der Waals surface area contributed by atoms with Gasteiger partial charge < -0.3 is 5.73 Å². The van der Waals surface area contributed by atoms with Crippen molar-refractivity contribution in [1.82, 2.24) is 0 Å². The molecule has 0 unspecified atom stereocenters. The summed E-state index contributed by atoms with van der Waals surface area (Å²) >= 11 is 0. The smallest absolute Gasteiger partial charge is 0.133 e. The van der Waals surface area contributed by atoms with Gasteiger partial charge in [-0.3, -0.25) is 4.79 Å². The zero-order valence-corrected chi connectivity index (χ0v) is 11.5. The van der Waals surface area contributed by atoms with Crippen LogP contribution in [0.25, 0.3) is 0 Å². The summed E-state index contributed by atoms with van der Waals surface area (Å²) in [5.74, 6) is 1.02. The molecule has 0 heterocycles. The molecule has 0 atom stereocenters. The minimum Gasteiger partial charge on any atom is -0.330 e. The Morgan fingerprint density at radius 3 is 2.19 bits per heavy atom. The first-order valence-corrected chi connectivity index (χ1v) is 6.67. The monoisotopic (exact) mass is 227 g/mol. The van der Waals surface area contributed by atoms with Crippen LogP contribution >= 0.6 is 0 Å². The molecule has 0 aromatic rings. The van der Waals surface area contributed by atoms with Crippen LogP contribution < -0.4 is 5.73 Å². The Labute approximate surface area is 101 Å². The summed E-state index contributed by atoms with van der Waals surface area (Å²) in [7, 11) is 0. The molecule has 0 spiro atoms. The highest BCUT2D eigenvalue weighted by molar-refractivity contribution is 5.78. The summed E-state index contributed by atoms with van der Waals surface area (Å²) < 4.78 is 0. The van der Waals surface area contributed by atoms with Crippen LogP contribution in [0.3, 0.4) is 0 Å². The van der Waals surface area contributed by atoms with E-state index in [2.05, 4.69) is 27.7 Å². The Kier molecular flexibility index (Phi) is 7.65. The Balaban J connectivity index is 3.88. The fourth-order valence-electron chi connectivity index (χ4n) is 1.99. The number of hydrogen-bond acceptors (Lipinski definition) is 2. The van der Waals surface area contributed by atoms with Gasteiger partial charge in [0.05, 0.1) is 0 Å². The maximum atomic E-state index is 11.8. The van der Waals surface area contributed by atoms with Crippen LogP contribution in [0, 0.1) is 11.3 Å². The highest BCUT2D eigenvalue weighted by Crippen LogP contribution is 2.27. The van der Waals surface area contributed by atoms with Crippen molar-refractivity contribution in [2.75, 3.05) is 6.54 Å². The Bertz CT molecular complexity index is 195. The van der Waals surface area contributed by atoms with E-state index in [-0.39, 0.29) is 5.41 Å². The van der Waals surface area contributed by atoms with Crippen molar-refractivity contribution in [2.24, 2.45) is 17.1 Å². The minimum atomic E-state index is 0.221. The number of hydrogen-bond donors (Lipinski definition) is 1. The van der Waals surface area contributed by atoms with Gasteiger partial charge in [-0.25, -0.2) is 0 Å². The molecule has 0 saturated carbocycles. The molecule has 2 heteroatoms. The fourth-order valence-corrected chi connectivity index (χ4v) is 1.99. The summed E-state index contributed by atoms with van der Waals surface area (Å²) in [6, 6.07) is 0. The van der Waals surface area contributed by atoms with Gasteiger partial charge in [-0.05, 0) is 30.7 Å². The molecule has 0 saturated heterocycles. The second kappa shape index (κ2) is 7.83. The van der Waals surface area contributed by atoms with E-state index in [1.165, 1.54) is 0 Å². The molecule has 0 aliphatic heterocycles. The average Bonchev–Trinajstić information content (AvgIpc) is 2.23. The second-order valence-corrected chi connectivity index (χ2v) is 5.63. The first kappa shape index (κ1) is 15.6. The molecule has 2 N–H and O–H groups in total. The number of Topliss-reactive ketones (excluding diaryl/α,β-unsaturated/α-hetero) is 1. The van der Waals surface area contributed by atoms with Crippen molar-refractivity contribution < 1.29 is 4.79 Å². The predicted molar refractivity (Wildman–Crippen MR) is 70.4 cm³/mol. The lowest BCUT2D eigenvalue weighted by molar-refractivity contribution is -0.120. The summed E-state index contributed by atoms with van der Waals surface area (Å²) in [6.45, 7) is 9.45. The summed E-state index contributed by atoms with van der Waals surface area (Å²) in [5, 5.41) is 0. The average molecular weight is 227 g/mol. The van der Waals surface area contributed by atoms with Crippen LogP contribution in [0.2, 0.25) is 0 Å². The molecule has 96 valence electrons. The van der Waals surface area contributed by atoms with Crippen LogP contribution in [-0.4, -0.2) is 12.3 Å². The van der Waals surface area contributed by atoms with Gasteiger partial charge in [-0.15, -0.1) is 0 Å². The molecule has 2 nitrogen and oxygen atoms in total. The standard InChI is InChI=1S/C14H29NO/c1-5-12(6-2)11-13(16)7-8-14(3,4)9-10-15/h12H,5-11,15H2,1-4H3. The zero-order chi connectivity index (χ0) is 12.6. The van der Waals surface area contributed by atoms with Crippen LogP contribution in [0.15, 0.2) is 0 Å². The van der Waals surface area contributed by atoms with Crippen LogP contribution in [-0.2, 0) is 4.79 Å². The maximum Gasteiger partial charge on any atom is 0.133 e. The number of nitrogens with two attached hydrogens (primary N) is 1. The van der Waals surface area contributed by atoms with Crippen LogP contribution in [0.5, 0.6) is 0 Å². The Hall–Kier alpha value is -0.370. The van der Waals surface area contributed by atoms with Gasteiger partial charge in [0.1, 0.15) is 5.78 Å². The molecule has 0 aliphatic rings. The van der Waals surface area contributed by atoms with E-state index in [1.807, 2.05) is 0 Å². The van der Waals surface area contributed by atoms with E-state index in [0.717, 1.165) is 38.5 Å². The number of carbonyl (C=O) groups is 1. The molecule has 0 rings (SSSR count). The van der Waals surface area contributed by atoms with Crippen molar-refractivity contribution >= 4 is 5.78 Å². The third kappa shape index (κ3) is 7.00. The van der Waals surface area contributed by atoms with E-state index >= 15 is 0 Å². The normalized spacial score (nSPS) is 12.1. The molecule has 16 heavy (non-hydrogen) atoms. The number of rotatable bonds is 9. The van der Waals surface area contributed by atoms with Crippen LogP contribution in [0.1, 0.15) is 66.2 Å². The van der Waals surface area contributed by atoms with E-state index in [0.29, 0.717) is 18.2 Å². The largest absolute Gasteiger partial charge is 0.330 e. The lowest BCUT2D eigenvalue weighted by atomic mass is 9.82. The topological polar surface area (TPSA) is 43.1 Å².